The van der Waals surface area contributed by atoms with E-state index in [0.29, 0.717) is 0 Å². The molecule has 1 fully saturated rings. The van der Waals surface area contributed by atoms with Crippen molar-refractivity contribution in [2.75, 3.05) is 39.3 Å². The molecule has 0 bridgehead atoms. The third kappa shape index (κ3) is 2.71. The van der Waals surface area contributed by atoms with Crippen molar-refractivity contribution in [1.29, 1.82) is 0 Å². The first-order valence-corrected chi connectivity index (χ1v) is 4.61. The molecule has 0 aromatic rings. The summed E-state index contributed by atoms with van der Waals surface area (Å²) in [6.07, 6.45) is 0. The molecule has 0 spiro atoms. The van der Waals surface area contributed by atoms with Gasteiger partial charge in [0, 0.05) is 26.2 Å². The predicted molar refractivity (Wildman–Crippen MR) is 50.2 cm³/mol. The maximum atomic E-state index is 11.3. The zero-order valence-electron chi connectivity index (χ0n) is 7.99. The Balaban J connectivity index is 2.33. The van der Waals surface area contributed by atoms with Crippen LogP contribution in [0.2, 0.25) is 0 Å². The van der Waals surface area contributed by atoms with Crippen LogP contribution in [0.1, 0.15) is 6.92 Å². The Morgan fingerprint density at radius 3 is 2.46 bits per heavy atom. The molecule has 0 atom stereocenters. The van der Waals surface area contributed by atoms with E-state index in [1.54, 1.807) is 4.90 Å². The van der Waals surface area contributed by atoms with Gasteiger partial charge in [0.1, 0.15) is 0 Å². The molecule has 1 aliphatic rings. The van der Waals surface area contributed by atoms with E-state index in [9.17, 15) is 4.79 Å². The van der Waals surface area contributed by atoms with E-state index in [0.717, 1.165) is 32.7 Å². The molecule has 0 N–H and O–H groups in total. The maximum absolute atomic E-state index is 11.3. The molecule has 1 heterocycles. The molecule has 1 rings (SSSR count). The van der Waals surface area contributed by atoms with Crippen LogP contribution in [0.15, 0.2) is 0 Å². The number of carbonyl (C=O) groups is 1. The maximum Gasteiger partial charge on any atom is 0.302 e. The lowest BCUT2D eigenvalue weighted by Gasteiger charge is -2.32. The Hall–Kier alpha value is -1.08. The zero-order chi connectivity index (χ0) is 9.68. The van der Waals surface area contributed by atoms with Gasteiger partial charge in [-0.2, -0.15) is 0 Å². The second-order valence-corrected chi connectivity index (χ2v) is 3.13. The SMILES string of the molecule is [C-]#[N+]CC(=O)N1CCN(CC)CC1. The summed E-state index contributed by atoms with van der Waals surface area (Å²) in [4.78, 5) is 18.5. The van der Waals surface area contributed by atoms with Crippen molar-refractivity contribution >= 4 is 5.91 Å². The van der Waals surface area contributed by atoms with Crippen molar-refractivity contribution in [3.05, 3.63) is 11.4 Å². The summed E-state index contributed by atoms with van der Waals surface area (Å²) in [6.45, 7) is 13.2. The summed E-state index contributed by atoms with van der Waals surface area (Å²) in [7, 11) is 0. The Bertz CT molecular complexity index is 213. The van der Waals surface area contributed by atoms with Gasteiger partial charge in [0.15, 0.2) is 0 Å². The highest BCUT2D eigenvalue weighted by atomic mass is 16.2. The summed E-state index contributed by atoms with van der Waals surface area (Å²) in [5.74, 6) is -0.0225. The van der Waals surface area contributed by atoms with Gasteiger partial charge in [-0.25, -0.2) is 6.57 Å². The van der Waals surface area contributed by atoms with Crippen LogP contribution in [-0.2, 0) is 4.79 Å². The summed E-state index contributed by atoms with van der Waals surface area (Å²) < 4.78 is 0. The van der Waals surface area contributed by atoms with Crippen LogP contribution < -0.4 is 0 Å². The minimum Gasteiger partial charge on any atom is -0.334 e. The van der Waals surface area contributed by atoms with Crippen molar-refractivity contribution in [2.45, 2.75) is 6.92 Å². The minimum atomic E-state index is -0.0225. The van der Waals surface area contributed by atoms with Crippen LogP contribution in [0.4, 0.5) is 0 Å². The lowest BCUT2D eigenvalue weighted by molar-refractivity contribution is -0.130. The molecule has 1 aliphatic heterocycles. The fourth-order valence-corrected chi connectivity index (χ4v) is 1.48. The molecule has 4 nitrogen and oxygen atoms in total. The molecule has 0 radical (unpaired) electrons. The molecular weight excluding hydrogens is 166 g/mol. The molecule has 4 heteroatoms. The summed E-state index contributed by atoms with van der Waals surface area (Å²) in [6, 6.07) is 0. The van der Waals surface area contributed by atoms with Gasteiger partial charge in [0.25, 0.3) is 6.54 Å². The highest BCUT2D eigenvalue weighted by molar-refractivity contribution is 5.79. The van der Waals surface area contributed by atoms with E-state index in [4.69, 9.17) is 6.57 Å². The van der Waals surface area contributed by atoms with Gasteiger partial charge in [-0.15, -0.1) is 0 Å². The van der Waals surface area contributed by atoms with Gasteiger partial charge in [-0.3, -0.25) is 4.79 Å². The van der Waals surface area contributed by atoms with Crippen molar-refractivity contribution < 1.29 is 4.79 Å². The second kappa shape index (κ2) is 4.83. The lowest BCUT2D eigenvalue weighted by atomic mass is 10.3. The molecular formula is C9H15N3O. The first kappa shape index (κ1) is 10.0. The fraction of sp³-hybridized carbons (Fsp3) is 0.778. The van der Waals surface area contributed by atoms with Crippen molar-refractivity contribution in [2.24, 2.45) is 0 Å². The van der Waals surface area contributed by atoms with Crippen molar-refractivity contribution in [3.8, 4) is 0 Å². The van der Waals surface area contributed by atoms with Crippen LogP contribution in [0.3, 0.4) is 0 Å². The van der Waals surface area contributed by atoms with Crippen LogP contribution in [0.25, 0.3) is 4.85 Å². The molecule has 13 heavy (non-hydrogen) atoms. The Morgan fingerprint density at radius 1 is 1.38 bits per heavy atom. The number of rotatable bonds is 2. The quantitative estimate of drug-likeness (QED) is 0.564. The van der Waals surface area contributed by atoms with E-state index < -0.39 is 0 Å². The van der Waals surface area contributed by atoms with Gasteiger partial charge in [0.05, 0.1) is 0 Å². The van der Waals surface area contributed by atoms with Gasteiger partial charge in [0.2, 0.25) is 0 Å². The first-order valence-electron chi connectivity index (χ1n) is 4.61. The molecule has 0 aromatic heterocycles. The van der Waals surface area contributed by atoms with Crippen molar-refractivity contribution in [1.82, 2.24) is 9.80 Å². The molecule has 1 saturated heterocycles. The topological polar surface area (TPSA) is 27.9 Å². The number of amides is 1. The number of hydrogen-bond donors (Lipinski definition) is 0. The molecule has 0 aromatic carbocycles. The van der Waals surface area contributed by atoms with E-state index in [1.807, 2.05) is 0 Å². The summed E-state index contributed by atoms with van der Waals surface area (Å²) in [5.41, 5.74) is 0. The van der Waals surface area contributed by atoms with Crippen LogP contribution in [-0.4, -0.2) is 55.0 Å². The number of hydrogen-bond acceptors (Lipinski definition) is 2. The monoisotopic (exact) mass is 181 g/mol. The minimum absolute atomic E-state index is 0.00608. The molecule has 0 unspecified atom stereocenters. The first-order chi connectivity index (χ1) is 6.27. The predicted octanol–water partition coefficient (Wildman–Crippen LogP) is 0.0698. The van der Waals surface area contributed by atoms with Crippen molar-refractivity contribution in [3.63, 3.8) is 0 Å². The largest absolute Gasteiger partial charge is 0.334 e. The van der Waals surface area contributed by atoms with E-state index >= 15 is 0 Å². The summed E-state index contributed by atoms with van der Waals surface area (Å²) in [5, 5.41) is 0. The average Bonchev–Trinajstić information content (AvgIpc) is 2.18. The average molecular weight is 181 g/mol. The second-order valence-electron chi connectivity index (χ2n) is 3.13. The highest BCUT2D eigenvalue weighted by Gasteiger charge is 2.20. The number of piperazine rings is 1. The standard InChI is InChI=1S/C9H15N3O/c1-3-11-4-6-12(7-5-11)9(13)8-10-2/h3-8H2,1H3. The molecule has 0 aliphatic carbocycles. The normalized spacial score (nSPS) is 18.3. The van der Waals surface area contributed by atoms with Crippen LogP contribution >= 0.6 is 0 Å². The third-order valence-electron chi connectivity index (χ3n) is 2.39. The Morgan fingerprint density at radius 2 is 2.00 bits per heavy atom. The van der Waals surface area contributed by atoms with Gasteiger partial charge in [-0.1, -0.05) is 6.92 Å². The lowest BCUT2D eigenvalue weighted by Crippen LogP contribution is -2.49. The van der Waals surface area contributed by atoms with Gasteiger partial charge in [-0.05, 0) is 6.54 Å². The zero-order valence-corrected chi connectivity index (χ0v) is 7.99. The van der Waals surface area contributed by atoms with E-state index in [2.05, 4.69) is 16.7 Å². The smallest absolute Gasteiger partial charge is 0.302 e. The van der Waals surface area contributed by atoms with Gasteiger partial charge < -0.3 is 14.6 Å². The van der Waals surface area contributed by atoms with E-state index in [-0.39, 0.29) is 12.5 Å². The number of carbonyl (C=O) groups excluding carboxylic acids is 1. The number of nitrogens with zero attached hydrogens (tertiary/aromatic N) is 3. The van der Waals surface area contributed by atoms with Crippen LogP contribution in [0, 0.1) is 6.57 Å². The highest BCUT2D eigenvalue weighted by Crippen LogP contribution is 2.01. The molecule has 72 valence electrons. The van der Waals surface area contributed by atoms with Gasteiger partial charge >= 0.3 is 5.91 Å². The Labute approximate surface area is 78.9 Å². The Kier molecular flexibility index (Phi) is 3.71. The van der Waals surface area contributed by atoms with E-state index in [1.165, 1.54) is 0 Å². The third-order valence-corrected chi connectivity index (χ3v) is 2.39. The van der Waals surface area contributed by atoms with Crippen LogP contribution in [0.5, 0.6) is 0 Å². The number of likely N-dealkylation sites (N-methyl/N-ethyl adjacent to an activating group) is 1. The molecule has 0 saturated carbocycles. The fourth-order valence-electron chi connectivity index (χ4n) is 1.48. The summed E-state index contributed by atoms with van der Waals surface area (Å²) >= 11 is 0. The molecule has 1 amide bonds.